The smallest absolute Gasteiger partial charge is 0.163 e. The van der Waals surface area contributed by atoms with Crippen molar-refractivity contribution in [3.63, 3.8) is 0 Å². The molecule has 0 aliphatic heterocycles. The molecule has 0 unspecified atom stereocenters. The van der Waals surface area contributed by atoms with Gasteiger partial charge in [0.05, 0.1) is 17.2 Å². The number of rotatable bonds is 5. The lowest BCUT2D eigenvalue weighted by atomic mass is 10.1. The van der Waals surface area contributed by atoms with Gasteiger partial charge in [-0.25, -0.2) is 0 Å². The van der Waals surface area contributed by atoms with Crippen LogP contribution in [0.4, 0.5) is 0 Å². The molecular weight excluding hydrogens is 266 g/mol. The maximum absolute atomic E-state index is 11.6. The summed E-state index contributed by atoms with van der Waals surface area (Å²) < 4.78 is 5.71. The van der Waals surface area contributed by atoms with E-state index in [1.165, 1.54) is 6.92 Å². The van der Waals surface area contributed by atoms with Gasteiger partial charge in [-0.3, -0.25) is 4.79 Å². The van der Waals surface area contributed by atoms with Gasteiger partial charge < -0.3 is 9.84 Å². The van der Waals surface area contributed by atoms with Gasteiger partial charge in [-0.1, -0.05) is 12.1 Å². The number of carbonyl (C=O) groups is 1. The van der Waals surface area contributed by atoms with Crippen molar-refractivity contribution in [3.8, 4) is 17.6 Å². The Bertz CT molecular complexity index is 684. The second-order valence-electron chi connectivity index (χ2n) is 4.60. The van der Waals surface area contributed by atoms with Crippen molar-refractivity contribution < 1.29 is 14.6 Å². The first kappa shape index (κ1) is 14.8. The SMILES string of the molecule is CC(=O)c1ccc(C#N)cc1Oc1ccc(CCO)cc1. The maximum atomic E-state index is 11.6. The zero-order valence-electron chi connectivity index (χ0n) is 11.7. The van der Waals surface area contributed by atoms with Crippen LogP contribution < -0.4 is 4.74 Å². The number of aliphatic hydroxyl groups excluding tert-OH is 1. The van der Waals surface area contributed by atoms with Crippen molar-refractivity contribution >= 4 is 5.78 Å². The van der Waals surface area contributed by atoms with Crippen LogP contribution in [0.5, 0.6) is 11.5 Å². The zero-order chi connectivity index (χ0) is 15.2. The quantitative estimate of drug-likeness (QED) is 0.855. The van der Waals surface area contributed by atoms with Gasteiger partial charge in [0, 0.05) is 6.61 Å². The fourth-order valence-electron chi connectivity index (χ4n) is 1.95. The summed E-state index contributed by atoms with van der Waals surface area (Å²) in [6.45, 7) is 1.55. The van der Waals surface area contributed by atoms with E-state index in [4.69, 9.17) is 15.1 Å². The van der Waals surface area contributed by atoms with E-state index in [9.17, 15) is 4.79 Å². The molecule has 2 rings (SSSR count). The number of nitrogens with zero attached hydrogens (tertiary/aromatic N) is 1. The molecule has 0 amide bonds. The molecule has 0 bridgehead atoms. The molecule has 1 N–H and O–H groups in total. The second kappa shape index (κ2) is 6.69. The lowest BCUT2D eigenvalue weighted by Gasteiger charge is -2.10. The highest BCUT2D eigenvalue weighted by Crippen LogP contribution is 2.27. The number of Topliss-reactive ketones (excluding diaryl/α,β-unsaturated/α-hetero) is 1. The van der Waals surface area contributed by atoms with E-state index >= 15 is 0 Å². The van der Waals surface area contributed by atoms with Gasteiger partial charge in [-0.15, -0.1) is 0 Å². The van der Waals surface area contributed by atoms with Crippen molar-refractivity contribution in [2.45, 2.75) is 13.3 Å². The van der Waals surface area contributed by atoms with Crippen molar-refractivity contribution in [1.82, 2.24) is 0 Å². The Morgan fingerprint density at radius 1 is 1.24 bits per heavy atom. The minimum Gasteiger partial charge on any atom is -0.457 e. The Morgan fingerprint density at radius 3 is 2.52 bits per heavy atom. The molecule has 0 spiro atoms. The molecule has 0 aromatic heterocycles. The number of hydrogen-bond acceptors (Lipinski definition) is 4. The molecule has 21 heavy (non-hydrogen) atoms. The van der Waals surface area contributed by atoms with E-state index in [0.717, 1.165) is 5.56 Å². The Kier molecular flexibility index (Phi) is 4.70. The van der Waals surface area contributed by atoms with E-state index in [1.54, 1.807) is 30.3 Å². The molecule has 0 saturated carbocycles. The third-order valence-electron chi connectivity index (χ3n) is 3.04. The van der Waals surface area contributed by atoms with Crippen molar-refractivity contribution in [3.05, 3.63) is 59.2 Å². The molecule has 106 valence electrons. The number of hydrogen-bond donors (Lipinski definition) is 1. The maximum Gasteiger partial charge on any atom is 0.163 e. The van der Waals surface area contributed by atoms with E-state index < -0.39 is 0 Å². The van der Waals surface area contributed by atoms with Gasteiger partial charge >= 0.3 is 0 Å². The summed E-state index contributed by atoms with van der Waals surface area (Å²) in [5.41, 5.74) is 1.88. The van der Waals surface area contributed by atoms with Gasteiger partial charge in [0.1, 0.15) is 11.5 Å². The summed E-state index contributed by atoms with van der Waals surface area (Å²) in [5.74, 6) is 0.831. The van der Waals surface area contributed by atoms with Gasteiger partial charge in [-0.2, -0.15) is 5.26 Å². The predicted molar refractivity (Wildman–Crippen MR) is 78.5 cm³/mol. The molecule has 0 atom stereocenters. The van der Waals surface area contributed by atoms with Gasteiger partial charge in [0.25, 0.3) is 0 Å². The minimum atomic E-state index is -0.119. The fraction of sp³-hybridized carbons (Fsp3) is 0.176. The van der Waals surface area contributed by atoms with Crippen LogP contribution in [-0.4, -0.2) is 17.5 Å². The van der Waals surface area contributed by atoms with Crippen LogP contribution in [0.25, 0.3) is 0 Å². The van der Waals surface area contributed by atoms with Crippen LogP contribution in [0.2, 0.25) is 0 Å². The third-order valence-corrected chi connectivity index (χ3v) is 3.04. The number of aliphatic hydroxyl groups is 1. The highest BCUT2D eigenvalue weighted by atomic mass is 16.5. The largest absolute Gasteiger partial charge is 0.457 e. The lowest BCUT2D eigenvalue weighted by Crippen LogP contribution is -1.98. The molecule has 0 radical (unpaired) electrons. The van der Waals surface area contributed by atoms with Crippen LogP contribution in [0.1, 0.15) is 28.4 Å². The third kappa shape index (κ3) is 3.68. The molecule has 0 aliphatic carbocycles. The normalized spacial score (nSPS) is 9.95. The monoisotopic (exact) mass is 281 g/mol. The summed E-state index contributed by atoms with van der Waals surface area (Å²) >= 11 is 0. The van der Waals surface area contributed by atoms with Crippen LogP contribution in [0.15, 0.2) is 42.5 Å². The Labute approximate surface area is 123 Å². The average Bonchev–Trinajstić information content (AvgIpc) is 2.49. The molecule has 4 nitrogen and oxygen atoms in total. The average molecular weight is 281 g/mol. The van der Waals surface area contributed by atoms with E-state index in [-0.39, 0.29) is 12.4 Å². The minimum absolute atomic E-state index is 0.0961. The summed E-state index contributed by atoms with van der Waals surface area (Å²) in [6, 6.07) is 14.0. The van der Waals surface area contributed by atoms with E-state index in [0.29, 0.717) is 29.0 Å². The molecule has 2 aromatic rings. The van der Waals surface area contributed by atoms with Crippen molar-refractivity contribution in [1.29, 1.82) is 5.26 Å². The summed E-state index contributed by atoms with van der Waals surface area (Å²) in [5, 5.41) is 17.8. The van der Waals surface area contributed by atoms with Gasteiger partial charge in [0.2, 0.25) is 0 Å². The van der Waals surface area contributed by atoms with Crippen LogP contribution in [-0.2, 0) is 6.42 Å². The summed E-state index contributed by atoms with van der Waals surface area (Å²) in [4.78, 5) is 11.6. The number of ketones is 1. The molecule has 0 fully saturated rings. The number of carbonyl (C=O) groups excluding carboxylic acids is 1. The molecule has 0 heterocycles. The predicted octanol–water partition coefficient (Wildman–Crippen LogP) is 3.09. The first-order chi connectivity index (χ1) is 10.1. The highest BCUT2D eigenvalue weighted by molar-refractivity contribution is 5.97. The molecule has 4 heteroatoms. The molecule has 0 saturated heterocycles. The van der Waals surface area contributed by atoms with Gasteiger partial charge in [-0.05, 0) is 49.2 Å². The lowest BCUT2D eigenvalue weighted by molar-refractivity contribution is 0.101. The zero-order valence-corrected chi connectivity index (χ0v) is 11.7. The van der Waals surface area contributed by atoms with E-state index in [1.807, 2.05) is 18.2 Å². The van der Waals surface area contributed by atoms with Crippen molar-refractivity contribution in [2.24, 2.45) is 0 Å². The summed E-state index contributed by atoms with van der Waals surface area (Å²) in [6.07, 6.45) is 0.586. The molecule has 2 aromatic carbocycles. The number of ether oxygens (including phenoxy) is 1. The van der Waals surface area contributed by atoms with Gasteiger partial charge in [0.15, 0.2) is 5.78 Å². The Hall–Kier alpha value is -2.64. The highest BCUT2D eigenvalue weighted by Gasteiger charge is 2.10. The Balaban J connectivity index is 2.29. The fourth-order valence-corrected chi connectivity index (χ4v) is 1.95. The van der Waals surface area contributed by atoms with Crippen molar-refractivity contribution in [2.75, 3.05) is 6.61 Å². The first-order valence-corrected chi connectivity index (χ1v) is 6.57. The number of benzene rings is 2. The van der Waals surface area contributed by atoms with E-state index in [2.05, 4.69) is 0 Å². The van der Waals surface area contributed by atoms with Crippen LogP contribution >= 0.6 is 0 Å². The second-order valence-corrected chi connectivity index (χ2v) is 4.60. The first-order valence-electron chi connectivity index (χ1n) is 6.57. The Morgan fingerprint density at radius 2 is 1.95 bits per heavy atom. The number of nitriles is 1. The van der Waals surface area contributed by atoms with Crippen LogP contribution in [0.3, 0.4) is 0 Å². The molecule has 0 aliphatic rings. The standard InChI is InChI=1S/C17H15NO3/c1-12(20)16-7-4-14(11-18)10-17(16)21-15-5-2-13(3-6-15)8-9-19/h2-7,10,19H,8-9H2,1H3. The topological polar surface area (TPSA) is 70.3 Å². The summed E-state index contributed by atoms with van der Waals surface area (Å²) in [7, 11) is 0. The molecular formula is C17H15NO3. The van der Waals surface area contributed by atoms with Crippen LogP contribution in [0, 0.1) is 11.3 Å².